The minimum atomic E-state index is -0.363. The molecule has 4 nitrogen and oxygen atoms in total. The number of nitrogens with zero attached hydrogens (tertiary/aromatic N) is 2. The van der Waals surface area contributed by atoms with Crippen LogP contribution in [0, 0.1) is 0 Å². The zero-order valence-corrected chi connectivity index (χ0v) is 10.8. The van der Waals surface area contributed by atoms with E-state index in [0.29, 0.717) is 25.2 Å². The van der Waals surface area contributed by atoms with Gasteiger partial charge in [0.2, 0.25) is 0 Å². The van der Waals surface area contributed by atoms with Gasteiger partial charge in [-0.05, 0) is 35.3 Å². The second kappa shape index (κ2) is 4.59. The van der Waals surface area contributed by atoms with Crippen molar-refractivity contribution in [1.29, 1.82) is 0 Å². The Morgan fingerprint density at radius 1 is 1.69 bits per heavy atom. The molecule has 0 aliphatic carbocycles. The summed E-state index contributed by atoms with van der Waals surface area (Å²) in [6, 6.07) is 1.83. The topological polar surface area (TPSA) is 45.5 Å². The number of likely N-dealkylation sites (tertiary alicyclic amines) is 1. The fraction of sp³-hybridized carbons (Fsp3) is 0.545. The number of aliphatic hydroxyl groups is 1. The van der Waals surface area contributed by atoms with E-state index in [1.165, 1.54) is 0 Å². The molecule has 0 spiro atoms. The molecule has 1 saturated heterocycles. The van der Waals surface area contributed by atoms with Crippen LogP contribution in [0.25, 0.3) is 0 Å². The van der Waals surface area contributed by atoms with E-state index in [4.69, 9.17) is 0 Å². The molecule has 1 aromatic heterocycles. The lowest BCUT2D eigenvalue weighted by molar-refractivity contribution is 0.0754. The van der Waals surface area contributed by atoms with Gasteiger partial charge < -0.3 is 14.6 Å². The average molecular weight is 287 g/mol. The largest absolute Gasteiger partial charge is 0.391 e. The highest BCUT2D eigenvalue weighted by atomic mass is 79.9. The Labute approximate surface area is 103 Å². The van der Waals surface area contributed by atoms with Crippen molar-refractivity contribution in [2.75, 3.05) is 13.1 Å². The first-order valence-corrected chi connectivity index (χ1v) is 6.24. The van der Waals surface area contributed by atoms with E-state index >= 15 is 0 Å². The van der Waals surface area contributed by atoms with Crippen LogP contribution in [-0.4, -0.2) is 39.7 Å². The van der Waals surface area contributed by atoms with E-state index in [9.17, 15) is 9.90 Å². The smallest absolute Gasteiger partial charge is 0.270 e. The van der Waals surface area contributed by atoms with Gasteiger partial charge in [-0.15, -0.1) is 0 Å². The fourth-order valence-electron chi connectivity index (χ4n) is 2.00. The zero-order chi connectivity index (χ0) is 11.7. The first-order valence-electron chi connectivity index (χ1n) is 5.45. The number of aryl methyl sites for hydroxylation is 1. The lowest BCUT2D eigenvalue weighted by atomic mass is 10.3. The van der Waals surface area contributed by atoms with Gasteiger partial charge in [0.15, 0.2) is 0 Å². The molecule has 0 saturated carbocycles. The molecule has 0 radical (unpaired) electrons. The molecule has 2 heterocycles. The minimum absolute atomic E-state index is 0.00380. The van der Waals surface area contributed by atoms with Gasteiger partial charge in [-0.3, -0.25) is 4.79 Å². The first-order chi connectivity index (χ1) is 7.61. The van der Waals surface area contributed by atoms with Crippen molar-refractivity contribution in [3.05, 3.63) is 22.4 Å². The predicted octanol–water partition coefficient (Wildman–Crippen LogP) is 1.48. The van der Waals surface area contributed by atoms with Crippen LogP contribution in [-0.2, 0) is 6.54 Å². The highest BCUT2D eigenvalue weighted by molar-refractivity contribution is 9.10. The van der Waals surface area contributed by atoms with Crippen LogP contribution in [0.15, 0.2) is 16.7 Å². The van der Waals surface area contributed by atoms with Gasteiger partial charge in [-0.25, -0.2) is 0 Å². The van der Waals surface area contributed by atoms with Crippen molar-refractivity contribution >= 4 is 21.8 Å². The van der Waals surface area contributed by atoms with Crippen molar-refractivity contribution in [2.45, 2.75) is 26.0 Å². The molecule has 5 heteroatoms. The third-order valence-corrected chi connectivity index (χ3v) is 3.31. The Morgan fingerprint density at radius 3 is 3.00 bits per heavy atom. The van der Waals surface area contributed by atoms with Crippen LogP contribution in [0.5, 0.6) is 0 Å². The van der Waals surface area contributed by atoms with E-state index in [1.54, 1.807) is 4.90 Å². The molecule has 88 valence electrons. The van der Waals surface area contributed by atoms with Crippen molar-refractivity contribution in [3.8, 4) is 0 Å². The van der Waals surface area contributed by atoms with Crippen molar-refractivity contribution in [2.24, 2.45) is 0 Å². The molecule has 1 amide bonds. The molecular weight excluding hydrogens is 272 g/mol. The van der Waals surface area contributed by atoms with Gasteiger partial charge >= 0.3 is 0 Å². The summed E-state index contributed by atoms with van der Waals surface area (Å²) < 4.78 is 2.83. The average Bonchev–Trinajstić information content (AvgIpc) is 2.83. The Hall–Kier alpha value is -0.810. The van der Waals surface area contributed by atoms with Crippen LogP contribution in [0.2, 0.25) is 0 Å². The predicted molar refractivity (Wildman–Crippen MR) is 64.3 cm³/mol. The third kappa shape index (κ3) is 2.15. The Morgan fingerprint density at radius 2 is 2.44 bits per heavy atom. The maximum atomic E-state index is 12.2. The van der Waals surface area contributed by atoms with Gasteiger partial charge in [-0.1, -0.05) is 0 Å². The number of carbonyl (C=O) groups is 1. The number of carbonyl (C=O) groups excluding carboxylic acids is 1. The van der Waals surface area contributed by atoms with E-state index < -0.39 is 0 Å². The van der Waals surface area contributed by atoms with Gasteiger partial charge in [0.05, 0.1) is 6.10 Å². The van der Waals surface area contributed by atoms with Crippen LogP contribution in [0.1, 0.15) is 23.8 Å². The van der Waals surface area contributed by atoms with Crippen molar-refractivity contribution in [3.63, 3.8) is 0 Å². The van der Waals surface area contributed by atoms with Crippen LogP contribution in [0.4, 0.5) is 0 Å². The molecule has 2 rings (SSSR count). The molecule has 1 aliphatic rings. The summed E-state index contributed by atoms with van der Waals surface area (Å²) in [6.07, 6.45) is 2.22. The lowest BCUT2D eigenvalue weighted by Gasteiger charge is -2.16. The Kier molecular flexibility index (Phi) is 3.35. The summed E-state index contributed by atoms with van der Waals surface area (Å²) in [6.45, 7) is 3.86. The molecule has 1 atom stereocenters. The summed E-state index contributed by atoms with van der Waals surface area (Å²) in [5, 5.41) is 9.42. The maximum Gasteiger partial charge on any atom is 0.270 e. The molecule has 16 heavy (non-hydrogen) atoms. The van der Waals surface area contributed by atoms with Crippen LogP contribution >= 0.6 is 15.9 Å². The summed E-state index contributed by atoms with van der Waals surface area (Å²) in [5.41, 5.74) is 0.684. The number of aromatic nitrogens is 1. The molecule has 0 aromatic carbocycles. The summed E-state index contributed by atoms with van der Waals surface area (Å²) in [4.78, 5) is 13.9. The molecule has 0 bridgehead atoms. The number of aliphatic hydroxyl groups excluding tert-OH is 1. The number of β-amino-alcohol motifs (C(OH)–C–C–N with tert-alkyl or cyclic N) is 1. The van der Waals surface area contributed by atoms with E-state index in [0.717, 1.165) is 11.0 Å². The highest BCUT2D eigenvalue weighted by Crippen LogP contribution is 2.19. The molecule has 1 unspecified atom stereocenters. The van der Waals surface area contributed by atoms with Crippen molar-refractivity contribution in [1.82, 2.24) is 9.47 Å². The SMILES string of the molecule is CCn1cc(Br)cc1C(=O)N1CCC(O)C1. The second-order valence-electron chi connectivity index (χ2n) is 4.02. The quantitative estimate of drug-likeness (QED) is 0.895. The molecular formula is C11H15BrN2O2. The Balaban J connectivity index is 2.20. The molecule has 1 aromatic rings. The van der Waals surface area contributed by atoms with E-state index in [-0.39, 0.29) is 12.0 Å². The van der Waals surface area contributed by atoms with E-state index in [1.807, 2.05) is 23.8 Å². The van der Waals surface area contributed by atoms with Gasteiger partial charge in [0, 0.05) is 30.3 Å². The Bertz CT molecular complexity index is 403. The van der Waals surface area contributed by atoms with E-state index in [2.05, 4.69) is 15.9 Å². The van der Waals surface area contributed by atoms with Gasteiger partial charge in [-0.2, -0.15) is 0 Å². The summed E-state index contributed by atoms with van der Waals surface area (Å²) in [7, 11) is 0. The summed E-state index contributed by atoms with van der Waals surface area (Å²) in [5.74, 6) is 0.00380. The maximum absolute atomic E-state index is 12.2. The normalized spacial score (nSPS) is 20.4. The zero-order valence-electron chi connectivity index (χ0n) is 9.19. The third-order valence-electron chi connectivity index (χ3n) is 2.87. The highest BCUT2D eigenvalue weighted by Gasteiger charge is 2.27. The fourth-order valence-corrected chi connectivity index (χ4v) is 2.47. The van der Waals surface area contributed by atoms with Crippen LogP contribution in [0.3, 0.4) is 0 Å². The minimum Gasteiger partial charge on any atom is -0.391 e. The number of hydrogen-bond acceptors (Lipinski definition) is 2. The lowest BCUT2D eigenvalue weighted by Crippen LogP contribution is -2.31. The summed E-state index contributed by atoms with van der Waals surface area (Å²) >= 11 is 3.37. The van der Waals surface area contributed by atoms with Gasteiger partial charge in [0.25, 0.3) is 5.91 Å². The standard InChI is InChI=1S/C11H15BrN2O2/c1-2-13-6-8(12)5-10(13)11(16)14-4-3-9(15)7-14/h5-6,9,15H,2-4,7H2,1H3. The molecule has 1 aliphatic heterocycles. The van der Waals surface area contributed by atoms with Gasteiger partial charge in [0.1, 0.15) is 5.69 Å². The number of hydrogen-bond donors (Lipinski definition) is 1. The van der Waals surface area contributed by atoms with Crippen LogP contribution < -0.4 is 0 Å². The number of rotatable bonds is 2. The second-order valence-corrected chi connectivity index (χ2v) is 4.94. The number of amides is 1. The van der Waals surface area contributed by atoms with Crippen molar-refractivity contribution < 1.29 is 9.90 Å². The molecule has 1 fully saturated rings. The monoisotopic (exact) mass is 286 g/mol. The molecule has 1 N–H and O–H groups in total. The first kappa shape index (κ1) is 11.7. The number of halogens is 1.